The number of aromatic amines is 1. The first-order valence-electron chi connectivity index (χ1n) is 14.2. The number of hydrogen-bond acceptors (Lipinski definition) is 6. The third kappa shape index (κ3) is 5.23. The lowest BCUT2D eigenvalue weighted by Crippen LogP contribution is -2.26. The van der Waals surface area contributed by atoms with Crippen LogP contribution >= 0.6 is 0 Å². The molecule has 0 amide bonds. The molecule has 0 radical (unpaired) electrons. The number of allylic oxidation sites excluding steroid dienone is 4. The molecule has 7 rings (SSSR count). The predicted molar refractivity (Wildman–Crippen MR) is 162 cm³/mol. The van der Waals surface area contributed by atoms with Crippen molar-refractivity contribution in [1.82, 2.24) is 30.4 Å². The molecule has 4 aromatic rings. The summed E-state index contributed by atoms with van der Waals surface area (Å²) in [7, 11) is 0. The van der Waals surface area contributed by atoms with Crippen molar-refractivity contribution in [3.8, 4) is 11.1 Å². The maximum Gasteiger partial charge on any atom is 0.261 e. The van der Waals surface area contributed by atoms with E-state index in [-0.39, 0.29) is 24.8 Å². The second-order valence-corrected chi connectivity index (χ2v) is 11.6. The molecule has 1 aromatic carbocycles. The van der Waals surface area contributed by atoms with Crippen molar-refractivity contribution in [2.45, 2.75) is 32.2 Å². The van der Waals surface area contributed by atoms with Crippen LogP contribution in [-0.2, 0) is 0 Å². The number of hydrogen-bond donors (Lipinski definition) is 3. The van der Waals surface area contributed by atoms with Gasteiger partial charge in [0.25, 0.3) is 5.92 Å². The summed E-state index contributed by atoms with van der Waals surface area (Å²) in [5.74, 6) is -2.91. The van der Waals surface area contributed by atoms with Gasteiger partial charge in [0.15, 0.2) is 0 Å². The second kappa shape index (κ2) is 10.2. The van der Waals surface area contributed by atoms with Gasteiger partial charge in [0.05, 0.1) is 47.1 Å². The summed E-state index contributed by atoms with van der Waals surface area (Å²) in [6.07, 6.45) is 7.43. The molecule has 2 fully saturated rings. The molecular weight excluding hydrogens is 551 g/mol. The summed E-state index contributed by atoms with van der Waals surface area (Å²) < 4.78 is 41.1. The number of H-pyrrole nitrogens is 1. The summed E-state index contributed by atoms with van der Waals surface area (Å²) in [4.78, 5) is 11.2. The molecule has 6 heterocycles. The van der Waals surface area contributed by atoms with Crippen molar-refractivity contribution in [2.75, 3.05) is 25.0 Å². The Labute approximate surface area is 246 Å². The zero-order valence-corrected chi connectivity index (χ0v) is 23.8. The quantitative estimate of drug-likeness (QED) is 0.163. The third-order valence-corrected chi connectivity index (χ3v) is 7.93. The van der Waals surface area contributed by atoms with Crippen LogP contribution in [-0.4, -0.2) is 50.6 Å². The normalized spacial score (nSPS) is 19.6. The first-order chi connectivity index (χ1) is 20.6. The van der Waals surface area contributed by atoms with Crippen LogP contribution in [0.2, 0.25) is 0 Å². The molecule has 3 aromatic heterocycles. The van der Waals surface area contributed by atoms with E-state index >= 15 is 0 Å². The predicted octanol–water partition coefficient (Wildman–Crippen LogP) is 6.84. The third-order valence-electron chi connectivity index (χ3n) is 7.93. The fraction of sp³-hybridized carbons (Fsp3) is 0.242. The SMILES string of the molecule is C=C(C)/C=C(\C=C(/C)CN1CCC(F)(F)C1)c1ccc2[nH]nc(C3=C4NC4c4c(cncc4-c4ccc(F)cc4)N3)c2n1. The van der Waals surface area contributed by atoms with Crippen LogP contribution in [0, 0.1) is 5.82 Å². The minimum atomic E-state index is -2.63. The van der Waals surface area contributed by atoms with E-state index in [1.54, 1.807) is 29.4 Å². The van der Waals surface area contributed by atoms with Crippen LogP contribution in [0.1, 0.15) is 43.3 Å². The van der Waals surface area contributed by atoms with E-state index in [2.05, 4.69) is 32.4 Å². The lowest BCUT2D eigenvalue weighted by atomic mass is 9.95. The summed E-state index contributed by atoms with van der Waals surface area (Å²) in [6.45, 7) is 8.54. The largest absolute Gasteiger partial charge is 0.372 e. The Morgan fingerprint density at radius 2 is 1.93 bits per heavy atom. The van der Waals surface area contributed by atoms with Crippen LogP contribution in [0.15, 0.2) is 84.4 Å². The molecule has 218 valence electrons. The van der Waals surface area contributed by atoms with Crippen molar-refractivity contribution in [3.05, 3.63) is 107 Å². The Balaban J connectivity index is 1.22. The summed E-state index contributed by atoms with van der Waals surface area (Å²) in [6, 6.07) is 10.3. The van der Waals surface area contributed by atoms with Crippen molar-refractivity contribution < 1.29 is 13.2 Å². The van der Waals surface area contributed by atoms with E-state index in [1.165, 1.54) is 12.1 Å². The highest BCUT2D eigenvalue weighted by molar-refractivity contribution is 5.97. The number of alkyl halides is 2. The molecule has 43 heavy (non-hydrogen) atoms. The van der Waals surface area contributed by atoms with E-state index in [9.17, 15) is 13.2 Å². The number of fused-ring (bicyclic) bond motifs is 4. The summed E-state index contributed by atoms with van der Waals surface area (Å²) in [5, 5.41) is 14.7. The highest BCUT2D eigenvalue weighted by Gasteiger charge is 2.43. The van der Waals surface area contributed by atoms with Gasteiger partial charge in [-0.05, 0) is 43.7 Å². The van der Waals surface area contributed by atoms with Gasteiger partial charge in [0, 0.05) is 42.4 Å². The molecule has 3 aliphatic heterocycles. The average Bonchev–Trinajstić information content (AvgIpc) is 3.55. The highest BCUT2D eigenvalue weighted by atomic mass is 19.3. The minimum Gasteiger partial charge on any atom is -0.372 e. The fourth-order valence-electron chi connectivity index (χ4n) is 5.97. The molecule has 3 N–H and O–H groups in total. The zero-order chi connectivity index (χ0) is 29.9. The maximum atomic E-state index is 13.7. The molecule has 1 atom stereocenters. The number of anilines is 1. The number of likely N-dealkylation sites (tertiary alicyclic amines) is 1. The smallest absolute Gasteiger partial charge is 0.261 e. The Bertz CT molecular complexity index is 1870. The number of nitrogens with zero attached hydrogens (tertiary/aromatic N) is 4. The van der Waals surface area contributed by atoms with Gasteiger partial charge in [-0.1, -0.05) is 42.0 Å². The van der Waals surface area contributed by atoms with Gasteiger partial charge in [-0.25, -0.2) is 18.2 Å². The monoisotopic (exact) mass is 581 g/mol. The Morgan fingerprint density at radius 3 is 2.67 bits per heavy atom. The van der Waals surface area contributed by atoms with Crippen LogP contribution in [0.3, 0.4) is 0 Å². The van der Waals surface area contributed by atoms with Gasteiger partial charge < -0.3 is 10.6 Å². The maximum absolute atomic E-state index is 13.7. The molecule has 3 aliphatic rings. The number of pyridine rings is 2. The van der Waals surface area contributed by atoms with Gasteiger partial charge >= 0.3 is 0 Å². The van der Waals surface area contributed by atoms with E-state index in [1.807, 2.05) is 38.1 Å². The summed E-state index contributed by atoms with van der Waals surface area (Å²) >= 11 is 0. The Morgan fingerprint density at radius 1 is 1.12 bits per heavy atom. The van der Waals surface area contributed by atoms with Gasteiger partial charge in [-0.2, -0.15) is 5.10 Å². The molecule has 0 bridgehead atoms. The van der Waals surface area contributed by atoms with Crippen LogP contribution in [0.4, 0.5) is 18.9 Å². The van der Waals surface area contributed by atoms with Gasteiger partial charge in [0.1, 0.15) is 17.0 Å². The van der Waals surface area contributed by atoms with Crippen molar-refractivity contribution in [2.24, 2.45) is 0 Å². The van der Waals surface area contributed by atoms with Gasteiger partial charge in [0.2, 0.25) is 0 Å². The van der Waals surface area contributed by atoms with Crippen LogP contribution in [0.5, 0.6) is 0 Å². The molecule has 10 heteroatoms. The van der Waals surface area contributed by atoms with E-state index in [0.29, 0.717) is 24.3 Å². The lowest BCUT2D eigenvalue weighted by molar-refractivity contribution is 0.0131. The van der Waals surface area contributed by atoms with Crippen molar-refractivity contribution in [3.63, 3.8) is 0 Å². The first-order valence-corrected chi connectivity index (χ1v) is 14.2. The van der Waals surface area contributed by atoms with Crippen LogP contribution in [0.25, 0.3) is 33.4 Å². The molecule has 0 spiro atoms. The fourth-order valence-corrected chi connectivity index (χ4v) is 5.97. The highest BCUT2D eigenvalue weighted by Crippen LogP contribution is 2.50. The molecule has 0 saturated carbocycles. The van der Waals surface area contributed by atoms with E-state index in [4.69, 9.17) is 4.98 Å². The van der Waals surface area contributed by atoms with Crippen LogP contribution < -0.4 is 10.6 Å². The number of aromatic nitrogens is 4. The van der Waals surface area contributed by atoms with E-state index < -0.39 is 5.92 Å². The Kier molecular flexibility index (Phi) is 6.46. The number of nitrogens with one attached hydrogen (secondary N) is 3. The van der Waals surface area contributed by atoms with Gasteiger partial charge in [-0.3, -0.25) is 15.0 Å². The lowest BCUT2D eigenvalue weighted by Gasteiger charge is -2.19. The molecule has 1 unspecified atom stereocenters. The molecule has 2 saturated heterocycles. The minimum absolute atomic E-state index is 0.0216. The van der Waals surface area contributed by atoms with Crippen molar-refractivity contribution in [1.29, 1.82) is 0 Å². The summed E-state index contributed by atoms with van der Waals surface area (Å²) in [5.41, 5.74) is 11.1. The average molecular weight is 582 g/mol. The molecule has 7 nitrogen and oxygen atoms in total. The zero-order valence-electron chi connectivity index (χ0n) is 23.8. The topological polar surface area (TPSA) is 91.7 Å². The molecule has 0 aliphatic carbocycles. The Hall–Kier alpha value is -4.70. The number of rotatable bonds is 7. The molecular formula is C33H30F3N7. The second-order valence-electron chi connectivity index (χ2n) is 11.6. The first kappa shape index (κ1) is 27.2. The van der Waals surface area contributed by atoms with Gasteiger partial charge in [-0.15, -0.1) is 0 Å². The number of benzene rings is 1. The van der Waals surface area contributed by atoms with E-state index in [0.717, 1.165) is 61.7 Å². The number of halogens is 3. The standard InChI is InChI=1S/C33H30F3N7/c1-18(2)12-21(13-19(3)16-43-11-10-33(35,36)17-43)24-8-9-25-28(38-24)32(42-41-25)31-30-29(40-30)27-23(14-37-15-26(27)39-31)20-4-6-22(34)7-5-20/h4-9,12-15,29,39-40H,1,10-11,16-17H2,2-3H3,(H,41,42)/b19-13+,21-12+. The van der Waals surface area contributed by atoms with Crippen molar-refractivity contribution >= 4 is 28.0 Å².